The average molecular weight is 515 g/mol. The summed E-state index contributed by atoms with van der Waals surface area (Å²) in [4.78, 5) is 2.49. The number of nitrogens with one attached hydrogen (secondary N) is 1. The Kier molecular flexibility index (Phi) is 8.43. The van der Waals surface area contributed by atoms with E-state index in [9.17, 15) is 5.11 Å². The van der Waals surface area contributed by atoms with Gasteiger partial charge in [-0.05, 0) is 98.4 Å². The lowest BCUT2D eigenvalue weighted by Crippen LogP contribution is -2.31. The molecule has 0 spiro atoms. The lowest BCUT2D eigenvalue weighted by Gasteiger charge is -2.35. The number of allylic oxidation sites excluding steroid dienone is 5. The maximum absolute atomic E-state index is 10.1. The van der Waals surface area contributed by atoms with Crippen molar-refractivity contribution in [3.05, 3.63) is 88.7 Å². The fourth-order valence-corrected chi connectivity index (χ4v) is 5.57. The van der Waals surface area contributed by atoms with Gasteiger partial charge in [0.1, 0.15) is 18.1 Å². The first-order chi connectivity index (χ1) is 18.5. The highest BCUT2D eigenvalue weighted by Crippen LogP contribution is 2.43. The van der Waals surface area contributed by atoms with Crippen molar-refractivity contribution in [2.75, 3.05) is 25.2 Å². The molecule has 1 fully saturated rings. The molecule has 3 aliphatic rings. The van der Waals surface area contributed by atoms with E-state index in [1.807, 2.05) is 6.08 Å². The predicted molar refractivity (Wildman–Crippen MR) is 155 cm³/mol. The Balaban J connectivity index is 1.34. The first-order valence-electron chi connectivity index (χ1n) is 14.2. The molecule has 0 amide bonds. The van der Waals surface area contributed by atoms with E-state index >= 15 is 0 Å². The van der Waals surface area contributed by atoms with Crippen LogP contribution < -0.4 is 19.7 Å². The van der Waals surface area contributed by atoms with Crippen LogP contribution in [0.1, 0.15) is 69.4 Å². The molecule has 0 bridgehead atoms. The van der Waals surface area contributed by atoms with Crippen molar-refractivity contribution in [1.29, 1.82) is 0 Å². The molecule has 5 heteroatoms. The number of rotatable bonds is 11. The molecule has 0 radical (unpaired) electrons. The fourth-order valence-electron chi connectivity index (χ4n) is 5.57. The van der Waals surface area contributed by atoms with Gasteiger partial charge in [0, 0.05) is 43.3 Å². The zero-order chi connectivity index (χ0) is 26.5. The summed E-state index contributed by atoms with van der Waals surface area (Å²) < 4.78 is 11.6. The van der Waals surface area contributed by atoms with Crippen LogP contribution in [0.5, 0.6) is 11.5 Å². The second-order valence-corrected chi connectivity index (χ2v) is 11.1. The largest absolute Gasteiger partial charge is 0.512 e. The van der Waals surface area contributed by atoms with E-state index in [-0.39, 0.29) is 0 Å². The SMILES string of the molecule is COc1ccc(C2CCC3=C(C=CCC(O)=C3)C2)c(N(Cc2ccc(OCCNC3CC3)cc2)C(C)C)c1. The molecule has 1 unspecified atom stereocenters. The Hall–Kier alpha value is -3.18. The second kappa shape index (κ2) is 12.1. The molecular weight excluding hydrogens is 472 g/mol. The third-order valence-electron chi connectivity index (χ3n) is 7.90. The molecule has 0 heterocycles. The third-order valence-corrected chi connectivity index (χ3v) is 7.90. The van der Waals surface area contributed by atoms with Gasteiger partial charge in [0.2, 0.25) is 0 Å². The van der Waals surface area contributed by atoms with Gasteiger partial charge in [0.15, 0.2) is 0 Å². The molecule has 38 heavy (non-hydrogen) atoms. The van der Waals surface area contributed by atoms with Gasteiger partial charge >= 0.3 is 0 Å². The van der Waals surface area contributed by atoms with Crippen LogP contribution in [-0.2, 0) is 6.54 Å². The van der Waals surface area contributed by atoms with Crippen LogP contribution in [0.2, 0.25) is 0 Å². The Morgan fingerprint density at radius 2 is 1.82 bits per heavy atom. The van der Waals surface area contributed by atoms with Gasteiger partial charge in [-0.15, -0.1) is 0 Å². The summed E-state index contributed by atoms with van der Waals surface area (Å²) in [6, 6.07) is 16.2. The zero-order valence-electron chi connectivity index (χ0n) is 23.1. The first-order valence-corrected chi connectivity index (χ1v) is 14.2. The number of aliphatic hydroxyl groups is 1. The maximum atomic E-state index is 10.1. The normalized spacial score (nSPS) is 19.2. The Morgan fingerprint density at radius 3 is 2.55 bits per heavy atom. The van der Waals surface area contributed by atoms with Gasteiger partial charge in [-0.25, -0.2) is 0 Å². The standard InChI is InChI=1S/C33H42N2O3/c1-23(2)35(22-24-7-13-30(14-8-24)38-18-17-34-28-11-12-28)33-21-31(37-3)15-16-32(33)27-10-9-26-20-29(36)6-4-5-25(26)19-27/h4-5,7-8,13-16,20-21,23,27-28,34,36H,6,9-12,17-19,22H2,1-3H3. The van der Waals surface area contributed by atoms with Gasteiger partial charge in [0.25, 0.3) is 0 Å². The summed E-state index contributed by atoms with van der Waals surface area (Å²) in [5.74, 6) is 2.70. The van der Waals surface area contributed by atoms with E-state index in [4.69, 9.17) is 9.47 Å². The van der Waals surface area contributed by atoms with Gasteiger partial charge in [-0.3, -0.25) is 0 Å². The molecule has 5 nitrogen and oxygen atoms in total. The number of hydrogen-bond donors (Lipinski definition) is 2. The number of ether oxygens (including phenoxy) is 2. The van der Waals surface area contributed by atoms with Crippen molar-refractivity contribution >= 4 is 5.69 Å². The molecule has 2 aromatic rings. The van der Waals surface area contributed by atoms with E-state index in [2.05, 4.69) is 78.7 Å². The molecule has 3 aliphatic carbocycles. The minimum atomic E-state index is 0.321. The van der Waals surface area contributed by atoms with Crippen LogP contribution >= 0.6 is 0 Å². The van der Waals surface area contributed by atoms with E-state index in [1.54, 1.807) is 7.11 Å². The third kappa shape index (κ3) is 6.63. The van der Waals surface area contributed by atoms with Crippen LogP contribution in [0.25, 0.3) is 0 Å². The lowest BCUT2D eigenvalue weighted by atomic mass is 9.79. The van der Waals surface area contributed by atoms with E-state index < -0.39 is 0 Å². The zero-order valence-corrected chi connectivity index (χ0v) is 23.1. The predicted octanol–water partition coefficient (Wildman–Crippen LogP) is 7.21. The maximum Gasteiger partial charge on any atom is 0.120 e. The second-order valence-electron chi connectivity index (χ2n) is 11.1. The van der Waals surface area contributed by atoms with Crippen molar-refractivity contribution in [2.24, 2.45) is 0 Å². The van der Waals surface area contributed by atoms with Crippen LogP contribution in [0, 0.1) is 0 Å². The van der Waals surface area contributed by atoms with E-state index in [0.717, 1.165) is 43.9 Å². The molecule has 5 rings (SSSR count). The quantitative estimate of drug-likeness (QED) is 0.310. The van der Waals surface area contributed by atoms with Crippen molar-refractivity contribution < 1.29 is 14.6 Å². The van der Waals surface area contributed by atoms with Crippen molar-refractivity contribution in [3.8, 4) is 11.5 Å². The first kappa shape index (κ1) is 26.4. The molecular formula is C33H42N2O3. The fraction of sp³-hybridized carbons (Fsp3) is 0.455. The van der Waals surface area contributed by atoms with Crippen LogP contribution in [0.3, 0.4) is 0 Å². The number of hydrogen-bond acceptors (Lipinski definition) is 5. The molecule has 2 aromatic carbocycles. The highest BCUT2D eigenvalue weighted by Gasteiger charge is 2.26. The minimum Gasteiger partial charge on any atom is -0.512 e. The molecule has 0 aliphatic heterocycles. The van der Waals surface area contributed by atoms with Gasteiger partial charge < -0.3 is 24.8 Å². The molecule has 202 valence electrons. The molecule has 2 N–H and O–H groups in total. The summed E-state index contributed by atoms with van der Waals surface area (Å²) in [6.07, 6.45) is 12.6. The summed E-state index contributed by atoms with van der Waals surface area (Å²) >= 11 is 0. The summed E-state index contributed by atoms with van der Waals surface area (Å²) in [7, 11) is 1.74. The molecule has 0 saturated heterocycles. The van der Waals surface area contributed by atoms with E-state index in [0.29, 0.717) is 36.8 Å². The van der Waals surface area contributed by atoms with E-state index in [1.165, 1.54) is 40.8 Å². The number of anilines is 1. The summed E-state index contributed by atoms with van der Waals surface area (Å²) in [5.41, 5.74) is 6.52. The van der Waals surface area contributed by atoms with Crippen molar-refractivity contribution in [3.63, 3.8) is 0 Å². The molecule has 1 saturated carbocycles. The Bertz CT molecular complexity index is 1190. The number of methoxy groups -OCH3 is 1. The summed E-state index contributed by atoms with van der Waals surface area (Å²) in [6.45, 7) is 6.94. The number of benzene rings is 2. The van der Waals surface area contributed by atoms with Gasteiger partial charge in [-0.1, -0.05) is 30.4 Å². The van der Waals surface area contributed by atoms with Gasteiger partial charge in [0.05, 0.1) is 12.9 Å². The van der Waals surface area contributed by atoms with Crippen LogP contribution in [0.4, 0.5) is 5.69 Å². The Labute approximate surface area is 227 Å². The highest BCUT2D eigenvalue weighted by atomic mass is 16.5. The van der Waals surface area contributed by atoms with Crippen molar-refractivity contribution in [2.45, 2.75) is 76.9 Å². The minimum absolute atomic E-state index is 0.321. The van der Waals surface area contributed by atoms with Crippen LogP contribution in [0.15, 0.2) is 77.6 Å². The number of nitrogens with zero attached hydrogens (tertiary/aromatic N) is 1. The topological polar surface area (TPSA) is 54.0 Å². The Morgan fingerprint density at radius 1 is 1.03 bits per heavy atom. The van der Waals surface area contributed by atoms with Crippen molar-refractivity contribution in [1.82, 2.24) is 5.32 Å². The molecule has 0 aromatic heterocycles. The summed E-state index contributed by atoms with van der Waals surface area (Å²) in [5, 5.41) is 13.6. The van der Waals surface area contributed by atoms with Gasteiger partial charge in [-0.2, -0.15) is 0 Å². The number of aliphatic hydroxyl groups excluding tert-OH is 1. The van der Waals surface area contributed by atoms with Crippen LogP contribution in [-0.4, -0.2) is 37.5 Å². The molecule has 1 atom stereocenters. The monoisotopic (exact) mass is 514 g/mol. The smallest absolute Gasteiger partial charge is 0.120 e. The highest BCUT2D eigenvalue weighted by molar-refractivity contribution is 5.60. The lowest BCUT2D eigenvalue weighted by molar-refractivity contribution is 0.313. The average Bonchev–Trinajstić information content (AvgIpc) is 3.77.